The summed E-state index contributed by atoms with van der Waals surface area (Å²) in [5.41, 5.74) is 2.57. The minimum Gasteiger partial charge on any atom is -0.393 e. The molecule has 7 nitrogen and oxygen atoms in total. The van der Waals surface area contributed by atoms with E-state index in [1.165, 1.54) is 0 Å². The van der Waals surface area contributed by atoms with E-state index in [0.717, 1.165) is 48.4 Å². The Morgan fingerprint density at radius 1 is 0.926 bits per heavy atom. The number of pyridine rings is 2. The van der Waals surface area contributed by atoms with E-state index in [-0.39, 0.29) is 12.1 Å². The Balaban J connectivity index is 1.62. The minimum absolute atomic E-state index is 0.187. The lowest BCUT2D eigenvalue weighted by Gasteiger charge is -2.27. The molecule has 7 heteroatoms. The first-order valence-corrected chi connectivity index (χ1v) is 9.18. The van der Waals surface area contributed by atoms with Gasteiger partial charge in [0.05, 0.1) is 17.4 Å². The van der Waals surface area contributed by atoms with Crippen LogP contribution in [0.3, 0.4) is 0 Å². The molecule has 138 valence electrons. The molecule has 1 aliphatic rings. The molecule has 0 spiro atoms. The van der Waals surface area contributed by atoms with Crippen molar-refractivity contribution in [1.29, 1.82) is 0 Å². The highest BCUT2D eigenvalue weighted by molar-refractivity contribution is 5.73. The highest BCUT2D eigenvalue weighted by Gasteiger charge is 2.21. The van der Waals surface area contributed by atoms with Crippen molar-refractivity contribution in [3.8, 4) is 11.3 Å². The molecule has 1 saturated carbocycles. The van der Waals surface area contributed by atoms with Gasteiger partial charge in [-0.15, -0.1) is 0 Å². The highest BCUT2D eigenvalue weighted by Crippen LogP contribution is 2.29. The SMILES string of the molecule is O[C@H]1CC[C@H](Nc2nc(Nc3ccncc3)ncc2-c2ccccn2)CC1. The van der Waals surface area contributed by atoms with Crippen molar-refractivity contribution in [3.63, 3.8) is 0 Å². The predicted molar refractivity (Wildman–Crippen MR) is 105 cm³/mol. The molecule has 3 aromatic rings. The van der Waals surface area contributed by atoms with Crippen LogP contribution in [-0.4, -0.2) is 37.2 Å². The number of rotatable bonds is 5. The van der Waals surface area contributed by atoms with Crippen LogP contribution in [0.1, 0.15) is 25.7 Å². The zero-order chi connectivity index (χ0) is 18.5. The molecule has 0 aromatic carbocycles. The summed E-state index contributed by atoms with van der Waals surface area (Å²) in [6.07, 6.45) is 10.3. The van der Waals surface area contributed by atoms with Crippen molar-refractivity contribution in [3.05, 3.63) is 55.1 Å². The Morgan fingerprint density at radius 3 is 2.48 bits per heavy atom. The van der Waals surface area contributed by atoms with Gasteiger partial charge in [0.15, 0.2) is 0 Å². The molecule has 0 radical (unpaired) electrons. The third-order valence-electron chi connectivity index (χ3n) is 4.70. The van der Waals surface area contributed by atoms with Crippen molar-refractivity contribution < 1.29 is 5.11 Å². The molecular weight excluding hydrogens is 340 g/mol. The molecule has 0 saturated heterocycles. The second kappa shape index (κ2) is 8.09. The molecule has 0 atom stereocenters. The number of aliphatic hydroxyl groups excluding tert-OH is 1. The number of hydrogen-bond donors (Lipinski definition) is 3. The Labute approximate surface area is 158 Å². The molecule has 4 rings (SSSR count). The van der Waals surface area contributed by atoms with E-state index < -0.39 is 0 Å². The summed E-state index contributed by atoms with van der Waals surface area (Å²) < 4.78 is 0. The highest BCUT2D eigenvalue weighted by atomic mass is 16.3. The van der Waals surface area contributed by atoms with Gasteiger partial charge in [-0.1, -0.05) is 6.07 Å². The van der Waals surface area contributed by atoms with E-state index in [1.54, 1.807) is 24.8 Å². The van der Waals surface area contributed by atoms with Gasteiger partial charge in [0.25, 0.3) is 0 Å². The molecule has 1 fully saturated rings. The fourth-order valence-corrected chi connectivity index (χ4v) is 3.24. The molecule has 27 heavy (non-hydrogen) atoms. The largest absolute Gasteiger partial charge is 0.393 e. The molecule has 3 aromatic heterocycles. The van der Waals surface area contributed by atoms with Gasteiger partial charge in [0.2, 0.25) is 5.95 Å². The normalized spacial score (nSPS) is 19.4. The first kappa shape index (κ1) is 17.4. The number of aliphatic hydroxyl groups is 1. The van der Waals surface area contributed by atoms with Gasteiger partial charge < -0.3 is 15.7 Å². The second-order valence-corrected chi connectivity index (χ2v) is 6.68. The lowest BCUT2D eigenvalue weighted by Crippen LogP contribution is -2.29. The van der Waals surface area contributed by atoms with E-state index in [9.17, 15) is 5.11 Å². The first-order valence-electron chi connectivity index (χ1n) is 9.18. The quantitative estimate of drug-likeness (QED) is 0.640. The van der Waals surface area contributed by atoms with Gasteiger partial charge in [-0.3, -0.25) is 9.97 Å². The maximum Gasteiger partial charge on any atom is 0.229 e. The lowest BCUT2D eigenvalue weighted by molar-refractivity contribution is 0.126. The number of aromatic nitrogens is 4. The van der Waals surface area contributed by atoms with Crippen LogP contribution in [0.25, 0.3) is 11.3 Å². The average molecular weight is 362 g/mol. The zero-order valence-electron chi connectivity index (χ0n) is 14.9. The maximum atomic E-state index is 9.76. The van der Waals surface area contributed by atoms with Crippen LogP contribution >= 0.6 is 0 Å². The van der Waals surface area contributed by atoms with Crippen LogP contribution in [0.2, 0.25) is 0 Å². The number of nitrogens with zero attached hydrogens (tertiary/aromatic N) is 4. The molecule has 1 aliphatic carbocycles. The van der Waals surface area contributed by atoms with Crippen LogP contribution in [0, 0.1) is 0 Å². The predicted octanol–water partition coefficient (Wildman–Crippen LogP) is 3.39. The van der Waals surface area contributed by atoms with Gasteiger partial charge in [-0.2, -0.15) is 4.98 Å². The Morgan fingerprint density at radius 2 is 1.74 bits per heavy atom. The van der Waals surface area contributed by atoms with Crippen LogP contribution in [0.15, 0.2) is 55.1 Å². The molecule has 0 unspecified atom stereocenters. The number of nitrogens with one attached hydrogen (secondary N) is 2. The Bertz CT molecular complexity index is 866. The lowest BCUT2D eigenvalue weighted by atomic mass is 9.93. The van der Waals surface area contributed by atoms with E-state index in [4.69, 9.17) is 4.98 Å². The maximum absolute atomic E-state index is 9.76. The standard InChI is InChI=1S/C20H22N6O/c27-16-6-4-14(5-7-16)24-19-17(18-3-1-2-10-22-18)13-23-20(26-19)25-15-8-11-21-12-9-15/h1-3,8-14,16,27H,4-7H2,(H2,21,23,24,25,26)/t14-,16-. The Hall–Kier alpha value is -3.06. The first-order chi connectivity index (χ1) is 13.3. The van der Waals surface area contributed by atoms with Crippen LogP contribution in [0.5, 0.6) is 0 Å². The molecule has 0 aliphatic heterocycles. The summed E-state index contributed by atoms with van der Waals surface area (Å²) in [5, 5.41) is 16.5. The Kier molecular flexibility index (Phi) is 5.20. The summed E-state index contributed by atoms with van der Waals surface area (Å²) in [6.45, 7) is 0. The molecule has 0 bridgehead atoms. The summed E-state index contributed by atoms with van der Waals surface area (Å²) in [7, 11) is 0. The van der Waals surface area contributed by atoms with E-state index >= 15 is 0 Å². The van der Waals surface area contributed by atoms with Crippen molar-refractivity contribution in [2.75, 3.05) is 10.6 Å². The summed E-state index contributed by atoms with van der Waals surface area (Å²) >= 11 is 0. The average Bonchev–Trinajstić information content (AvgIpc) is 2.71. The fraction of sp³-hybridized carbons (Fsp3) is 0.300. The van der Waals surface area contributed by atoms with Gasteiger partial charge in [-0.25, -0.2) is 4.98 Å². The third-order valence-corrected chi connectivity index (χ3v) is 4.70. The van der Waals surface area contributed by atoms with E-state index in [0.29, 0.717) is 5.95 Å². The van der Waals surface area contributed by atoms with Gasteiger partial charge in [-0.05, 0) is 49.9 Å². The molecule has 3 heterocycles. The number of anilines is 3. The van der Waals surface area contributed by atoms with Crippen molar-refractivity contribution in [2.45, 2.75) is 37.8 Å². The van der Waals surface area contributed by atoms with Crippen molar-refractivity contribution in [2.24, 2.45) is 0 Å². The van der Waals surface area contributed by atoms with Crippen molar-refractivity contribution >= 4 is 17.5 Å². The van der Waals surface area contributed by atoms with Gasteiger partial charge in [0, 0.05) is 36.5 Å². The fourth-order valence-electron chi connectivity index (χ4n) is 3.24. The van der Waals surface area contributed by atoms with Gasteiger partial charge >= 0.3 is 0 Å². The number of hydrogen-bond acceptors (Lipinski definition) is 7. The van der Waals surface area contributed by atoms with Crippen LogP contribution in [-0.2, 0) is 0 Å². The molecular formula is C20H22N6O. The molecule has 3 N–H and O–H groups in total. The zero-order valence-corrected chi connectivity index (χ0v) is 14.9. The summed E-state index contributed by atoms with van der Waals surface area (Å²) in [5.74, 6) is 1.26. The van der Waals surface area contributed by atoms with Crippen LogP contribution in [0.4, 0.5) is 17.5 Å². The van der Waals surface area contributed by atoms with E-state index in [1.807, 2.05) is 30.3 Å². The minimum atomic E-state index is -0.187. The van der Waals surface area contributed by atoms with Crippen LogP contribution < -0.4 is 10.6 Å². The van der Waals surface area contributed by atoms with Crippen molar-refractivity contribution in [1.82, 2.24) is 19.9 Å². The monoisotopic (exact) mass is 362 g/mol. The smallest absolute Gasteiger partial charge is 0.229 e. The van der Waals surface area contributed by atoms with Gasteiger partial charge in [0.1, 0.15) is 5.82 Å². The topological polar surface area (TPSA) is 95.8 Å². The molecule has 0 amide bonds. The van der Waals surface area contributed by atoms with E-state index in [2.05, 4.69) is 25.6 Å². The summed E-state index contributed by atoms with van der Waals surface area (Å²) in [4.78, 5) is 17.6. The summed E-state index contributed by atoms with van der Waals surface area (Å²) in [6, 6.07) is 9.80. The third kappa shape index (κ3) is 4.38. The second-order valence-electron chi connectivity index (χ2n) is 6.68.